The third kappa shape index (κ3) is 4.84. The van der Waals surface area contributed by atoms with E-state index >= 15 is 0 Å². The van der Waals surface area contributed by atoms with Gasteiger partial charge in [-0.25, -0.2) is 4.98 Å². The molecule has 0 bridgehead atoms. The van der Waals surface area contributed by atoms with Gasteiger partial charge in [0.2, 0.25) is 5.91 Å². The van der Waals surface area contributed by atoms with E-state index < -0.39 is 0 Å². The summed E-state index contributed by atoms with van der Waals surface area (Å²) in [7, 11) is 0. The van der Waals surface area contributed by atoms with Crippen LogP contribution in [0.3, 0.4) is 0 Å². The van der Waals surface area contributed by atoms with Gasteiger partial charge in [0.25, 0.3) is 0 Å². The first kappa shape index (κ1) is 22.9. The molecule has 2 heterocycles. The molecular formula is C29H29N3O3. The number of hydrogen-bond donors (Lipinski definition) is 1. The van der Waals surface area contributed by atoms with Crippen molar-refractivity contribution in [2.24, 2.45) is 0 Å². The number of amides is 1. The lowest BCUT2D eigenvalue weighted by Gasteiger charge is -2.31. The summed E-state index contributed by atoms with van der Waals surface area (Å²) in [4.78, 5) is 16.3. The summed E-state index contributed by atoms with van der Waals surface area (Å²) in [6.07, 6.45) is 6.48. The molecule has 1 aromatic heterocycles. The first-order valence-corrected chi connectivity index (χ1v) is 11.9. The summed E-state index contributed by atoms with van der Waals surface area (Å²) < 4.78 is 14.4. The van der Waals surface area contributed by atoms with Crippen LogP contribution in [-0.4, -0.2) is 22.1 Å². The molecule has 0 fully saturated rings. The van der Waals surface area contributed by atoms with E-state index in [2.05, 4.69) is 46.1 Å². The van der Waals surface area contributed by atoms with Crippen LogP contribution >= 0.6 is 0 Å². The second-order valence-corrected chi connectivity index (χ2v) is 8.81. The number of hydrogen-bond acceptors (Lipinski definition) is 4. The fourth-order valence-electron chi connectivity index (χ4n) is 4.77. The van der Waals surface area contributed by atoms with Crippen LogP contribution in [0.15, 0.2) is 79.4 Å². The summed E-state index contributed by atoms with van der Waals surface area (Å²) in [6, 6.07) is 19.9. The molecule has 1 atom stereocenters. The number of fused-ring (bicyclic) bond motifs is 2. The lowest BCUT2D eigenvalue weighted by Crippen LogP contribution is -2.29. The highest BCUT2D eigenvalue weighted by Crippen LogP contribution is 2.47. The van der Waals surface area contributed by atoms with Crippen molar-refractivity contribution >= 4 is 5.91 Å². The quantitative estimate of drug-likeness (QED) is 0.333. The molecule has 0 saturated heterocycles. The molecule has 1 unspecified atom stereocenters. The average molecular weight is 468 g/mol. The predicted octanol–water partition coefficient (Wildman–Crippen LogP) is 5.80. The van der Waals surface area contributed by atoms with Crippen molar-refractivity contribution in [2.75, 3.05) is 6.61 Å². The van der Waals surface area contributed by atoms with Gasteiger partial charge < -0.3 is 19.4 Å². The number of aromatic nitrogens is 2. The van der Waals surface area contributed by atoms with Crippen LogP contribution in [0.4, 0.5) is 0 Å². The van der Waals surface area contributed by atoms with Crippen LogP contribution in [0, 0.1) is 6.92 Å². The summed E-state index contributed by atoms with van der Waals surface area (Å²) in [5.41, 5.74) is 6.36. The van der Waals surface area contributed by atoms with Crippen LogP contribution in [-0.2, 0) is 22.7 Å². The van der Waals surface area contributed by atoms with Crippen LogP contribution in [0.2, 0.25) is 0 Å². The van der Waals surface area contributed by atoms with Crippen LogP contribution in [0.25, 0.3) is 11.1 Å². The molecular weight excluding hydrogens is 438 g/mol. The molecule has 0 saturated carbocycles. The van der Waals surface area contributed by atoms with Gasteiger partial charge in [-0.05, 0) is 47.7 Å². The summed E-state index contributed by atoms with van der Waals surface area (Å²) in [5, 5.41) is 3.16. The molecule has 1 N–H and O–H groups in total. The molecule has 6 heteroatoms. The summed E-state index contributed by atoms with van der Waals surface area (Å²) in [6.45, 7) is 5.71. The molecule has 35 heavy (non-hydrogen) atoms. The Hall–Kier alpha value is -3.90. The van der Waals surface area contributed by atoms with E-state index in [0.717, 1.165) is 57.8 Å². The number of aryl methyl sites for hydroxylation is 2. The van der Waals surface area contributed by atoms with Gasteiger partial charge in [0.15, 0.2) is 0 Å². The summed E-state index contributed by atoms with van der Waals surface area (Å²) in [5.74, 6) is 1.44. The minimum Gasteiger partial charge on any atom is -0.457 e. The Morgan fingerprint density at radius 2 is 1.91 bits per heavy atom. The Balaban J connectivity index is 1.47. The topological polar surface area (TPSA) is 65.4 Å². The standard InChI is InChI=1S/C29H29N3O3/c1-20-8-5-9-22(18-34-17-7-15-32-16-14-30-19-32)27(20)24-11-6-13-26-28(24)29(31-21(2)33)23-10-3-4-12-25(23)35-26/h3-6,8-14,16,19,29H,7,15,17-18H2,1-2H3,(H,31,33). The van der Waals surface area contributed by atoms with Crippen LogP contribution in [0.5, 0.6) is 11.5 Å². The highest BCUT2D eigenvalue weighted by atomic mass is 16.5. The number of imidazole rings is 1. The molecule has 4 aromatic rings. The van der Waals surface area contributed by atoms with Crippen molar-refractivity contribution in [3.63, 3.8) is 0 Å². The number of nitrogens with one attached hydrogen (secondary N) is 1. The van der Waals surface area contributed by atoms with Gasteiger partial charge >= 0.3 is 0 Å². The smallest absolute Gasteiger partial charge is 0.217 e. The van der Waals surface area contributed by atoms with Crippen molar-refractivity contribution in [3.05, 3.63) is 102 Å². The van der Waals surface area contributed by atoms with Gasteiger partial charge in [-0.2, -0.15) is 0 Å². The van der Waals surface area contributed by atoms with E-state index in [4.69, 9.17) is 9.47 Å². The normalized spacial score (nSPS) is 14.1. The maximum atomic E-state index is 12.2. The van der Waals surface area contributed by atoms with E-state index in [1.54, 1.807) is 13.1 Å². The highest BCUT2D eigenvalue weighted by molar-refractivity contribution is 5.81. The number of carbonyl (C=O) groups is 1. The molecule has 3 aromatic carbocycles. The zero-order valence-corrected chi connectivity index (χ0v) is 20.0. The minimum absolute atomic E-state index is 0.0845. The number of carbonyl (C=O) groups excluding carboxylic acids is 1. The number of para-hydroxylation sites is 1. The maximum absolute atomic E-state index is 12.2. The second-order valence-electron chi connectivity index (χ2n) is 8.81. The number of nitrogens with zero attached hydrogens (tertiary/aromatic N) is 2. The van der Waals surface area contributed by atoms with E-state index in [9.17, 15) is 4.79 Å². The fourth-order valence-corrected chi connectivity index (χ4v) is 4.77. The Kier molecular flexibility index (Phi) is 6.64. The van der Waals surface area contributed by atoms with Crippen molar-refractivity contribution in [2.45, 2.75) is 39.5 Å². The van der Waals surface area contributed by atoms with Gasteiger partial charge in [0, 0.05) is 43.6 Å². The van der Waals surface area contributed by atoms with Crippen LogP contribution < -0.4 is 10.1 Å². The number of benzene rings is 3. The first-order chi connectivity index (χ1) is 17.1. The van der Waals surface area contributed by atoms with Gasteiger partial charge in [-0.3, -0.25) is 4.79 Å². The molecule has 0 radical (unpaired) electrons. The third-order valence-electron chi connectivity index (χ3n) is 6.30. The Morgan fingerprint density at radius 1 is 1.09 bits per heavy atom. The first-order valence-electron chi connectivity index (χ1n) is 11.9. The maximum Gasteiger partial charge on any atom is 0.217 e. The van der Waals surface area contributed by atoms with Gasteiger partial charge in [-0.1, -0.05) is 48.5 Å². The van der Waals surface area contributed by atoms with Crippen molar-refractivity contribution in [3.8, 4) is 22.6 Å². The van der Waals surface area contributed by atoms with E-state index in [1.807, 2.05) is 48.9 Å². The van der Waals surface area contributed by atoms with Crippen LogP contribution in [0.1, 0.15) is 41.6 Å². The monoisotopic (exact) mass is 467 g/mol. The minimum atomic E-state index is -0.299. The highest BCUT2D eigenvalue weighted by Gasteiger charge is 2.31. The van der Waals surface area contributed by atoms with Crippen molar-refractivity contribution < 1.29 is 14.3 Å². The Morgan fingerprint density at radius 3 is 2.74 bits per heavy atom. The van der Waals surface area contributed by atoms with E-state index in [1.165, 1.54) is 0 Å². The fraction of sp³-hybridized carbons (Fsp3) is 0.241. The SMILES string of the molecule is CC(=O)NC1c2ccccc2Oc2cccc(-c3c(C)cccc3COCCCn3ccnc3)c21. The second kappa shape index (κ2) is 10.2. The molecule has 0 aliphatic carbocycles. The van der Waals surface area contributed by atoms with Crippen molar-refractivity contribution in [1.29, 1.82) is 0 Å². The lowest BCUT2D eigenvalue weighted by atomic mass is 9.85. The van der Waals surface area contributed by atoms with Crippen molar-refractivity contribution in [1.82, 2.24) is 14.9 Å². The molecule has 5 rings (SSSR count). The third-order valence-corrected chi connectivity index (χ3v) is 6.30. The summed E-state index contributed by atoms with van der Waals surface area (Å²) >= 11 is 0. The number of rotatable bonds is 8. The zero-order chi connectivity index (χ0) is 24.2. The molecule has 6 nitrogen and oxygen atoms in total. The molecule has 1 aliphatic heterocycles. The van der Waals surface area contributed by atoms with Gasteiger partial charge in [0.1, 0.15) is 11.5 Å². The Labute approximate surface area is 205 Å². The van der Waals surface area contributed by atoms with Gasteiger partial charge in [-0.15, -0.1) is 0 Å². The van der Waals surface area contributed by atoms with E-state index in [-0.39, 0.29) is 11.9 Å². The molecule has 0 spiro atoms. The molecule has 178 valence electrons. The molecule has 1 amide bonds. The zero-order valence-electron chi connectivity index (χ0n) is 20.0. The molecule has 1 aliphatic rings. The average Bonchev–Trinajstić information content (AvgIpc) is 3.37. The largest absolute Gasteiger partial charge is 0.457 e. The lowest BCUT2D eigenvalue weighted by molar-refractivity contribution is -0.119. The van der Waals surface area contributed by atoms with Gasteiger partial charge in [0.05, 0.1) is 19.0 Å². The Bertz CT molecular complexity index is 1330. The van der Waals surface area contributed by atoms with E-state index in [0.29, 0.717) is 13.2 Å². The predicted molar refractivity (Wildman–Crippen MR) is 135 cm³/mol. The number of ether oxygens (including phenoxy) is 2.